The third kappa shape index (κ3) is 2.92. The Hall–Kier alpha value is -2.76. The van der Waals surface area contributed by atoms with Crippen LogP contribution in [0.1, 0.15) is 18.3 Å². The van der Waals surface area contributed by atoms with Crippen molar-refractivity contribution in [3.63, 3.8) is 0 Å². The largest absolute Gasteiger partial charge is 0.346 e. The minimum atomic E-state index is -2.46. The number of halogens is 2. The van der Waals surface area contributed by atoms with Gasteiger partial charge in [0, 0.05) is 5.56 Å². The van der Waals surface area contributed by atoms with E-state index >= 15 is 0 Å². The first kappa shape index (κ1) is 15.1. The monoisotopic (exact) mass is 315 g/mol. The van der Waals surface area contributed by atoms with Crippen LogP contribution in [0, 0.1) is 5.82 Å². The molecule has 23 heavy (non-hydrogen) atoms. The molecule has 1 amide bonds. The van der Waals surface area contributed by atoms with Gasteiger partial charge in [-0.2, -0.15) is 0 Å². The second-order valence-electron chi connectivity index (χ2n) is 5.37. The van der Waals surface area contributed by atoms with Crippen LogP contribution >= 0.6 is 0 Å². The first-order valence-electron chi connectivity index (χ1n) is 7.14. The van der Waals surface area contributed by atoms with E-state index in [0.29, 0.717) is 5.82 Å². The Morgan fingerprint density at radius 3 is 2.65 bits per heavy atom. The number of imidazole rings is 1. The van der Waals surface area contributed by atoms with Gasteiger partial charge in [0.05, 0.1) is 17.6 Å². The molecule has 0 spiro atoms. The Kier molecular flexibility index (Phi) is 3.82. The van der Waals surface area contributed by atoms with Gasteiger partial charge in [0.15, 0.2) is 0 Å². The molecular weight excluding hydrogens is 300 g/mol. The van der Waals surface area contributed by atoms with Crippen LogP contribution in [0.4, 0.5) is 8.78 Å². The first-order valence-corrected chi connectivity index (χ1v) is 7.14. The summed E-state index contributed by atoms with van der Waals surface area (Å²) in [4.78, 5) is 19.4. The molecule has 2 aromatic carbocycles. The molecule has 0 radical (unpaired) electrons. The molecule has 1 atom stereocenters. The number of hydrogen-bond donors (Lipinski definition) is 2. The van der Waals surface area contributed by atoms with Crippen LogP contribution in [-0.4, -0.2) is 15.9 Å². The number of amides is 1. The van der Waals surface area contributed by atoms with Crippen LogP contribution in [0.25, 0.3) is 11.0 Å². The lowest BCUT2D eigenvalue weighted by Gasteiger charge is -2.20. The van der Waals surface area contributed by atoms with Crippen molar-refractivity contribution < 1.29 is 13.6 Å². The first-order chi connectivity index (χ1) is 11.0. The summed E-state index contributed by atoms with van der Waals surface area (Å²) >= 11 is 0. The number of para-hydroxylation sites is 2. The number of hydrogen-bond acceptors (Lipinski definition) is 2. The predicted molar refractivity (Wildman–Crippen MR) is 82.8 cm³/mol. The smallest absolute Gasteiger partial charge is 0.262 e. The summed E-state index contributed by atoms with van der Waals surface area (Å²) in [6.07, 6.45) is 0. The van der Waals surface area contributed by atoms with Crippen molar-refractivity contribution in [3.05, 3.63) is 65.7 Å². The average molecular weight is 315 g/mol. The SMILES string of the molecule is CC(F)(C(=O)NCc1nc2ccccc2[nH]1)c1ccccc1F. The minimum Gasteiger partial charge on any atom is -0.346 e. The maximum Gasteiger partial charge on any atom is 0.262 e. The van der Waals surface area contributed by atoms with E-state index in [1.165, 1.54) is 18.2 Å². The number of fused-ring (bicyclic) bond motifs is 1. The number of nitrogens with one attached hydrogen (secondary N) is 2. The van der Waals surface area contributed by atoms with Gasteiger partial charge in [-0.15, -0.1) is 0 Å². The van der Waals surface area contributed by atoms with Gasteiger partial charge in [-0.05, 0) is 25.1 Å². The van der Waals surface area contributed by atoms with Gasteiger partial charge in [-0.1, -0.05) is 30.3 Å². The van der Waals surface area contributed by atoms with E-state index in [1.54, 1.807) is 0 Å². The fourth-order valence-electron chi connectivity index (χ4n) is 2.38. The van der Waals surface area contributed by atoms with E-state index in [2.05, 4.69) is 15.3 Å². The molecule has 118 valence electrons. The quantitative estimate of drug-likeness (QED) is 0.777. The maximum atomic E-state index is 14.7. The van der Waals surface area contributed by atoms with Gasteiger partial charge in [-0.25, -0.2) is 13.8 Å². The fourth-order valence-corrected chi connectivity index (χ4v) is 2.38. The van der Waals surface area contributed by atoms with Gasteiger partial charge in [0.2, 0.25) is 5.67 Å². The van der Waals surface area contributed by atoms with Crippen molar-refractivity contribution in [1.29, 1.82) is 0 Å². The van der Waals surface area contributed by atoms with Crippen molar-refractivity contribution in [1.82, 2.24) is 15.3 Å². The number of aromatic nitrogens is 2. The molecule has 3 aromatic rings. The fraction of sp³-hybridized carbons (Fsp3) is 0.176. The summed E-state index contributed by atoms with van der Waals surface area (Å²) in [7, 11) is 0. The highest BCUT2D eigenvalue weighted by Crippen LogP contribution is 2.28. The number of rotatable bonds is 4. The molecule has 4 nitrogen and oxygen atoms in total. The molecule has 0 bridgehead atoms. The second kappa shape index (κ2) is 5.79. The van der Waals surface area contributed by atoms with E-state index in [0.717, 1.165) is 24.0 Å². The summed E-state index contributed by atoms with van der Waals surface area (Å²) in [5, 5.41) is 2.45. The zero-order chi connectivity index (χ0) is 16.4. The van der Waals surface area contributed by atoms with E-state index in [9.17, 15) is 13.6 Å². The van der Waals surface area contributed by atoms with Crippen LogP contribution in [0.2, 0.25) is 0 Å². The molecule has 1 unspecified atom stereocenters. The zero-order valence-corrected chi connectivity index (χ0v) is 12.4. The number of alkyl halides is 1. The van der Waals surface area contributed by atoms with E-state index in [4.69, 9.17) is 0 Å². The van der Waals surface area contributed by atoms with Crippen LogP contribution in [0.5, 0.6) is 0 Å². The van der Waals surface area contributed by atoms with Crippen molar-refractivity contribution in [2.24, 2.45) is 0 Å². The van der Waals surface area contributed by atoms with Gasteiger partial charge in [0.25, 0.3) is 5.91 Å². The van der Waals surface area contributed by atoms with Gasteiger partial charge >= 0.3 is 0 Å². The highest BCUT2D eigenvalue weighted by Gasteiger charge is 2.37. The minimum absolute atomic E-state index is 0.0292. The van der Waals surface area contributed by atoms with Crippen molar-refractivity contribution >= 4 is 16.9 Å². The summed E-state index contributed by atoms with van der Waals surface area (Å²) in [5.74, 6) is -1.16. The molecule has 3 rings (SSSR count). The average Bonchev–Trinajstić information content (AvgIpc) is 2.95. The van der Waals surface area contributed by atoms with E-state index in [1.807, 2.05) is 24.3 Å². The van der Waals surface area contributed by atoms with Crippen LogP contribution in [-0.2, 0) is 17.0 Å². The number of aromatic amines is 1. The molecule has 2 N–H and O–H groups in total. The molecule has 0 saturated heterocycles. The number of nitrogens with zero attached hydrogens (tertiary/aromatic N) is 1. The van der Waals surface area contributed by atoms with E-state index in [-0.39, 0.29) is 12.1 Å². The molecule has 0 aliphatic heterocycles. The zero-order valence-electron chi connectivity index (χ0n) is 12.4. The Morgan fingerprint density at radius 1 is 1.22 bits per heavy atom. The maximum absolute atomic E-state index is 14.7. The Morgan fingerprint density at radius 2 is 1.91 bits per heavy atom. The molecule has 1 aromatic heterocycles. The predicted octanol–water partition coefficient (Wildman–Crippen LogP) is 3.20. The normalized spacial score (nSPS) is 13.7. The topological polar surface area (TPSA) is 57.8 Å². The third-order valence-electron chi connectivity index (χ3n) is 3.66. The molecular formula is C17H15F2N3O. The van der Waals surface area contributed by atoms with Crippen molar-refractivity contribution in [2.45, 2.75) is 19.1 Å². The molecule has 0 aliphatic carbocycles. The summed E-state index contributed by atoms with van der Waals surface area (Å²) < 4.78 is 28.4. The number of H-pyrrole nitrogens is 1. The van der Waals surface area contributed by atoms with Gasteiger partial charge in [-0.3, -0.25) is 4.79 Å². The summed E-state index contributed by atoms with van der Waals surface area (Å²) in [6.45, 7) is 1.07. The lowest BCUT2D eigenvalue weighted by Crippen LogP contribution is -2.39. The molecule has 0 fully saturated rings. The summed E-state index contributed by atoms with van der Waals surface area (Å²) in [5.41, 5.74) is -1.16. The molecule has 0 saturated carbocycles. The van der Waals surface area contributed by atoms with Crippen molar-refractivity contribution in [3.8, 4) is 0 Å². The Bertz CT molecular complexity index is 825. The number of benzene rings is 2. The van der Waals surface area contributed by atoms with E-state index < -0.39 is 17.4 Å². The molecule has 1 heterocycles. The lowest BCUT2D eigenvalue weighted by atomic mass is 9.96. The lowest BCUT2D eigenvalue weighted by molar-refractivity contribution is -0.132. The van der Waals surface area contributed by atoms with Crippen molar-refractivity contribution in [2.75, 3.05) is 0 Å². The highest BCUT2D eigenvalue weighted by atomic mass is 19.1. The summed E-state index contributed by atoms with van der Waals surface area (Å²) in [6, 6.07) is 12.7. The van der Waals surface area contributed by atoms with Crippen LogP contribution in [0.3, 0.4) is 0 Å². The standard InChI is InChI=1S/C17H15F2N3O/c1-17(19,11-6-2-3-7-12(11)18)16(23)20-10-15-21-13-8-4-5-9-14(13)22-15/h2-9H,10H2,1H3,(H,20,23)(H,21,22). The van der Waals surface area contributed by atoms with Crippen LogP contribution in [0.15, 0.2) is 48.5 Å². The van der Waals surface area contributed by atoms with Gasteiger partial charge in [0.1, 0.15) is 11.6 Å². The Labute approximate surface area is 131 Å². The second-order valence-corrected chi connectivity index (χ2v) is 5.37. The third-order valence-corrected chi connectivity index (χ3v) is 3.66. The number of carbonyl (C=O) groups is 1. The molecule has 6 heteroatoms. The molecule has 0 aliphatic rings. The Balaban J connectivity index is 1.74. The number of carbonyl (C=O) groups excluding carboxylic acids is 1. The van der Waals surface area contributed by atoms with Gasteiger partial charge < -0.3 is 10.3 Å². The highest BCUT2D eigenvalue weighted by molar-refractivity contribution is 5.86. The van der Waals surface area contributed by atoms with Crippen LogP contribution < -0.4 is 5.32 Å².